The molecule has 24 heteroatoms. The van der Waals surface area contributed by atoms with Crippen LogP contribution in [0.4, 0.5) is 9.18 Å². The van der Waals surface area contributed by atoms with E-state index >= 15 is 0 Å². The van der Waals surface area contributed by atoms with E-state index in [-0.39, 0.29) is 90.3 Å². The Hall–Kier alpha value is -7.51. The largest absolute Gasteiger partial charge is 0.508 e. The van der Waals surface area contributed by atoms with Crippen LogP contribution in [0.25, 0.3) is 0 Å². The number of sulfonamides is 1. The summed E-state index contributed by atoms with van der Waals surface area (Å²) in [5, 5.41) is 45.8. The first-order valence-electron chi connectivity index (χ1n) is 28.4. The molecule has 85 heavy (non-hydrogen) atoms. The minimum absolute atomic E-state index is 0.0124. The number of aliphatic hydroxyl groups excluding tert-OH is 1. The van der Waals surface area contributed by atoms with Crippen LogP contribution in [0.5, 0.6) is 5.75 Å². The van der Waals surface area contributed by atoms with Crippen LogP contribution < -0.4 is 26.6 Å². The number of nitrogens with one attached hydrogen (secondary N) is 5. The fraction of sp³-hybridized carbons (Fsp3) is 0.393. The number of ketones is 1. The van der Waals surface area contributed by atoms with Crippen LogP contribution in [0.15, 0.2) is 148 Å². The van der Waals surface area contributed by atoms with E-state index in [9.17, 15) is 55.4 Å². The molecule has 5 aromatic carbocycles. The summed E-state index contributed by atoms with van der Waals surface area (Å²) in [4.78, 5) is 63.8. The van der Waals surface area contributed by atoms with Crippen molar-refractivity contribution in [3.8, 4) is 5.75 Å². The fourth-order valence-electron chi connectivity index (χ4n) is 10.3. The molecule has 2 saturated heterocycles. The number of carbonyl (C=O) groups excluding carboxylic acids is 5. The highest BCUT2D eigenvalue weighted by Crippen LogP contribution is 2.34. The SMILES string of the molecule is CC(C)CN(CC(O)[C@H](Cc1ccc(O)cc1)n1cc(CNC(=O)[C@H](Cc2ccc(C(=O)c3ccccc3)cc2)NC(=O)CCCCCNC(=O)CCCC[C@@H]2SC[C@@H]3NC(=O)N[C@@H]32)nn1)S(=O)(=O)c1ccccc1S(=O)(=O)c1ccc(F)cc1. The Morgan fingerprint density at radius 1 is 0.753 bits per heavy atom. The van der Waals surface area contributed by atoms with Gasteiger partial charge in [-0.25, -0.2) is 30.7 Å². The van der Waals surface area contributed by atoms with Crippen molar-refractivity contribution in [1.82, 2.24) is 45.9 Å². The van der Waals surface area contributed by atoms with Gasteiger partial charge < -0.3 is 36.8 Å². The quantitative estimate of drug-likeness (QED) is 0.0107. The Labute approximate surface area is 499 Å². The van der Waals surface area contributed by atoms with E-state index in [1.807, 2.05) is 17.8 Å². The van der Waals surface area contributed by atoms with Crippen LogP contribution >= 0.6 is 11.8 Å². The molecule has 7 N–H and O–H groups in total. The minimum Gasteiger partial charge on any atom is -0.508 e. The van der Waals surface area contributed by atoms with Gasteiger partial charge in [0.05, 0.1) is 46.8 Å². The topological polar surface area (TPSA) is 288 Å². The van der Waals surface area contributed by atoms with Gasteiger partial charge in [0, 0.05) is 61.0 Å². The molecule has 2 aliphatic heterocycles. The number of rotatable bonds is 31. The molecule has 0 bridgehead atoms. The maximum Gasteiger partial charge on any atom is 0.315 e. The van der Waals surface area contributed by atoms with Crippen molar-refractivity contribution in [2.75, 3.05) is 25.4 Å². The molecule has 2 fully saturated rings. The summed E-state index contributed by atoms with van der Waals surface area (Å²) in [6.07, 6.45) is 4.91. The molecule has 0 saturated carbocycles. The molecular formula is C61H72FN9O11S3. The van der Waals surface area contributed by atoms with Gasteiger partial charge in [-0.3, -0.25) is 19.2 Å². The lowest BCUT2D eigenvalue weighted by molar-refractivity contribution is -0.129. The third-order valence-corrected chi connectivity index (χ3v) is 20.2. The zero-order valence-electron chi connectivity index (χ0n) is 47.3. The Bertz CT molecular complexity index is 3490. The number of aliphatic hydroxyl groups is 1. The summed E-state index contributed by atoms with van der Waals surface area (Å²) in [7, 11) is -9.17. The average Bonchev–Trinajstić information content (AvgIpc) is 2.63. The number of hydrogen-bond donors (Lipinski definition) is 7. The number of nitrogens with zero attached hydrogens (tertiary/aromatic N) is 4. The van der Waals surface area contributed by atoms with Gasteiger partial charge in [-0.1, -0.05) is 111 Å². The first-order valence-corrected chi connectivity index (χ1v) is 32.4. The molecule has 452 valence electrons. The van der Waals surface area contributed by atoms with Crippen molar-refractivity contribution in [2.24, 2.45) is 5.92 Å². The Morgan fingerprint density at radius 3 is 2.12 bits per heavy atom. The lowest BCUT2D eigenvalue weighted by Crippen LogP contribution is -2.47. The summed E-state index contributed by atoms with van der Waals surface area (Å²) in [5.41, 5.74) is 2.48. The van der Waals surface area contributed by atoms with Crippen LogP contribution in [0.2, 0.25) is 0 Å². The van der Waals surface area contributed by atoms with E-state index in [1.165, 1.54) is 35.1 Å². The molecule has 0 radical (unpaired) electrons. The van der Waals surface area contributed by atoms with Crippen molar-refractivity contribution in [1.29, 1.82) is 0 Å². The Balaban J connectivity index is 0.913. The first-order chi connectivity index (χ1) is 40.7. The first kappa shape index (κ1) is 63.5. The summed E-state index contributed by atoms with van der Waals surface area (Å²) < 4.78 is 73.5. The number of fused-ring (bicyclic) bond motifs is 1. The molecule has 1 unspecified atom stereocenters. The van der Waals surface area contributed by atoms with E-state index in [4.69, 9.17) is 0 Å². The summed E-state index contributed by atoms with van der Waals surface area (Å²) in [6, 6.07) is 28.9. The van der Waals surface area contributed by atoms with Crippen molar-refractivity contribution < 1.29 is 55.4 Å². The Kier molecular flexibility index (Phi) is 22.1. The number of benzene rings is 5. The maximum absolute atomic E-state index is 14.7. The Morgan fingerprint density at radius 2 is 1.40 bits per heavy atom. The summed E-state index contributed by atoms with van der Waals surface area (Å²) in [5.74, 6) is -1.25. The van der Waals surface area contributed by atoms with Gasteiger partial charge >= 0.3 is 6.03 Å². The van der Waals surface area contributed by atoms with Gasteiger partial charge in [0.25, 0.3) is 0 Å². The van der Waals surface area contributed by atoms with Crippen LogP contribution in [0.1, 0.15) is 104 Å². The number of amides is 5. The van der Waals surface area contributed by atoms with Gasteiger partial charge in [0.2, 0.25) is 37.6 Å². The lowest BCUT2D eigenvalue weighted by atomic mass is 9.99. The van der Waals surface area contributed by atoms with E-state index in [1.54, 1.807) is 74.5 Å². The monoisotopic (exact) mass is 1220 g/mol. The van der Waals surface area contributed by atoms with E-state index < -0.39 is 66.1 Å². The number of phenolic OH excluding ortho intramolecular Hbond substituents is 1. The molecule has 8 rings (SSSR count). The van der Waals surface area contributed by atoms with Gasteiger partial charge in [-0.2, -0.15) is 16.1 Å². The third kappa shape index (κ3) is 17.3. The van der Waals surface area contributed by atoms with Gasteiger partial charge in [-0.15, -0.1) is 5.10 Å². The third-order valence-electron chi connectivity index (χ3n) is 14.8. The minimum atomic E-state index is -4.68. The van der Waals surface area contributed by atoms with E-state index in [0.717, 1.165) is 65.7 Å². The molecule has 0 spiro atoms. The van der Waals surface area contributed by atoms with Crippen LogP contribution in [-0.4, -0.2) is 131 Å². The molecule has 0 aliphatic carbocycles. The number of sulfone groups is 1. The zero-order chi connectivity index (χ0) is 60.7. The molecule has 3 heterocycles. The zero-order valence-corrected chi connectivity index (χ0v) is 49.8. The molecular weight excluding hydrogens is 1150 g/mol. The number of unbranched alkanes of at least 4 members (excludes halogenated alkanes) is 3. The van der Waals surface area contributed by atoms with Crippen molar-refractivity contribution >= 4 is 61.2 Å². The van der Waals surface area contributed by atoms with Crippen LogP contribution in [-0.2, 0) is 53.6 Å². The molecule has 1 aromatic heterocycles. The van der Waals surface area contributed by atoms with Gasteiger partial charge in [-0.05, 0) is 97.7 Å². The summed E-state index contributed by atoms with van der Waals surface area (Å²) >= 11 is 1.85. The highest BCUT2D eigenvalue weighted by Gasteiger charge is 2.43. The predicted molar refractivity (Wildman–Crippen MR) is 318 cm³/mol. The summed E-state index contributed by atoms with van der Waals surface area (Å²) in [6.45, 7) is 3.13. The molecule has 6 atom stereocenters. The average molecular weight is 1220 g/mol. The lowest BCUT2D eigenvalue weighted by Gasteiger charge is -2.30. The number of aromatic hydroxyl groups is 1. The molecule has 20 nitrogen and oxygen atoms in total. The van der Waals surface area contributed by atoms with Crippen LogP contribution in [0.3, 0.4) is 0 Å². The number of thioether (sulfide) groups is 1. The fourth-order valence-corrected chi connectivity index (χ4v) is 15.6. The number of phenols is 1. The normalized spacial score (nSPS) is 16.9. The highest BCUT2D eigenvalue weighted by atomic mass is 32.2. The number of halogens is 1. The van der Waals surface area contributed by atoms with E-state index in [0.29, 0.717) is 59.7 Å². The highest BCUT2D eigenvalue weighted by molar-refractivity contribution is 8.00. The molecule has 5 amide bonds. The van der Waals surface area contributed by atoms with Crippen molar-refractivity contribution in [2.45, 2.75) is 135 Å². The van der Waals surface area contributed by atoms with E-state index in [2.05, 4.69) is 36.9 Å². The molecule has 2 aliphatic rings. The van der Waals surface area contributed by atoms with Crippen molar-refractivity contribution in [3.05, 3.63) is 167 Å². The number of urea groups is 1. The maximum atomic E-state index is 14.7. The predicted octanol–water partition coefficient (Wildman–Crippen LogP) is 6.42. The second kappa shape index (κ2) is 29.5. The van der Waals surface area contributed by atoms with Crippen LogP contribution in [0, 0.1) is 11.7 Å². The second-order valence-corrected chi connectivity index (χ2v) is 26.9. The van der Waals surface area contributed by atoms with Crippen molar-refractivity contribution in [3.63, 3.8) is 0 Å². The smallest absolute Gasteiger partial charge is 0.315 e. The standard InChI is InChI=1S/C61H72FN9O11S3/c1-40(2)36-70(85(81,82)55-17-10-9-16-54(55)84(79,80)48-30-26-45(62)27-31-48)38-52(73)51(34-42-22-28-47(72)29-23-42)71-37-46(68-69-71)35-64-60(77)49(33-41-20-24-44(25-21-41)59(76)43-13-5-3-6-14-43)65-57(75)19-7-4-12-32-63-56(74)18-11-8-15-53-58-50(39-83-53)66-61(78)67-58/h3,5-6,9-10,13-14,16-17,20-31,37,40,49-53,58,72-73H,4,7-8,11-12,15,18-19,32-36,38-39H2,1-2H3,(H,63,74)(H,64,77)(H,65,75)(H2,66,67,78)/t49-,50-,51-,52?,53-,58-/m0/s1. The number of aromatic nitrogens is 3. The second-order valence-electron chi connectivity index (χ2n) is 21.8. The van der Waals surface area contributed by atoms with Gasteiger partial charge in [0.1, 0.15) is 28.2 Å². The number of hydrogen-bond acceptors (Lipinski definition) is 14. The number of carbonyl (C=O) groups is 5. The van der Waals surface area contributed by atoms with Gasteiger partial charge in [0.15, 0.2) is 5.78 Å². The molecule has 6 aromatic rings.